The summed E-state index contributed by atoms with van der Waals surface area (Å²) in [4.78, 5) is 0. The summed E-state index contributed by atoms with van der Waals surface area (Å²) in [5.74, 6) is 0. The Bertz CT molecular complexity index is 168. The van der Waals surface area contributed by atoms with Crippen molar-refractivity contribution in [3.63, 3.8) is 0 Å². The summed E-state index contributed by atoms with van der Waals surface area (Å²) >= 11 is 0. The molecule has 7 heteroatoms. The van der Waals surface area contributed by atoms with E-state index >= 15 is 0 Å². The van der Waals surface area contributed by atoms with E-state index in [0.717, 1.165) is 0 Å². The van der Waals surface area contributed by atoms with Gasteiger partial charge in [-0.3, -0.25) is 4.74 Å². The predicted molar refractivity (Wildman–Crippen MR) is 38.0 cm³/mol. The molecule has 0 aromatic rings. The number of quaternary nitrogens is 1. The maximum absolute atomic E-state index is 11.8. The second kappa shape index (κ2) is 5.75. The van der Waals surface area contributed by atoms with Crippen LogP contribution in [-0.2, 0) is 9.47 Å². The molecule has 0 bridgehead atoms. The first-order chi connectivity index (χ1) is 6.01. The molecule has 2 N–H and O–H groups in total. The van der Waals surface area contributed by atoms with E-state index in [1.54, 1.807) is 0 Å². The zero-order valence-electron chi connectivity index (χ0n) is 7.68. The Morgan fingerprint density at radius 3 is 2.57 bits per heavy atom. The fourth-order valence-corrected chi connectivity index (χ4v) is 1.51. The van der Waals surface area contributed by atoms with Crippen LogP contribution in [0.15, 0.2) is 0 Å². The molecule has 0 aromatic carbocycles. The van der Waals surface area contributed by atoms with Crippen molar-refractivity contribution in [2.45, 2.75) is 24.9 Å². The van der Waals surface area contributed by atoms with Gasteiger partial charge in [-0.1, -0.05) is 0 Å². The highest BCUT2D eigenvalue weighted by molar-refractivity contribution is 4.69. The van der Waals surface area contributed by atoms with Crippen LogP contribution in [0.2, 0.25) is 0 Å². The summed E-state index contributed by atoms with van der Waals surface area (Å²) in [6, 6.07) is 0.0948. The zero-order valence-corrected chi connectivity index (χ0v) is 8.44. The normalized spacial score (nSPS) is 27.4. The van der Waals surface area contributed by atoms with Crippen LogP contribution >= 0.6 is 0 Å². The lowest BCUT2D eigenvalue weighted by atomic mass is 10.2. The molecule has 1 saturated heterocycles. The zero-order chi connectivity index (χ0) is 9.90. The van der Waals surface area contributed by atoms with Gasteiger partial charge < -0.3 is 22.5 Å². The highest BCUT2D eigenvalue weighted by Crippen LogP contribution is 2.21. The minimum atomic E-state index is -4.51. The van der Waals surface area contributed by atoms with E-state index in [1.807, 2.05) is 5.32 Å². The third kappa shape index (κ3) is 4.99. The summed E-state index contributed by atoms with van der Waals surface area (Å²) in [5.41, 5.74) is 0. The monoisotopic (exact) mass is 235 g/mol. The van der Waals surface area contributed by atoms with Crippen LogP contribution < -0.4 is 17.7 Å². The molecular formula is C7H13ClF3NO2. The molecule has 1 aliphatic heterocycles. The number of nitrogens with two attached hydrogens (primary N) is 1. The van der Waals surface area contributed by atoms with Gasteiger partial charge in [-0.15, -0.1) is 13.2 Å². The lowest BCUT2D eigenvalue weighted by Crippen LogP contribution is -3.00. The molecule has 0 spiro atoms. The van der Waals surface area contributed by atoms with Crippen molar-refractivity contribution in [3.05, 3.63) is 0 Å². The molecule has 14 heavy (non-hydrogen) atoms. The second-order valence-corrected chi connectivity index (χ2v) is 3.11. The average molecular weight is 236 g/mol. The van der Waals surface area contributed by atoms with Crippen molar-refractivity contribution in [1.82, 2.24) is 0 Å². The molecule has 0 aromatic heterocycles. The first kappa shape index (κ1) is 14.0. The van der Waals surface area contributed by atoms with Crippen LogP contribution in [0.3, 0.4) is 0 Å². The van der Waals surface area contributed by atoms with Crippen LogP contribution in [0.4, 0.5) is 13.2 Å². The molecule has 0 saturated carbocycles. The molecule has 0 radical (unpaired) electrons. The Labute approximate surface area is 86.3 Å². The average Bonchev–Trinajstić information content (AvgIpc) is 2.33. The Morgan fingerprint density at radius 1 is 1.43 bits per heavy atom. The fraction of sp³-hybridized carbons (Fsp3) is 1.00. The van der Waals surface area contributed by atoms with E-state index < -0.39 is 12.5 Å². The summed E-state index contributed by atoms with van der Waals surface area (Å²) < 4.78 is 44.0. The van der Waals surface area contributed by atoms with Gasteiger partial charge in [0, 0.05) is 13.5 Å². The molecule has 86 valence electrons. The van der Waals surface area contributed by atoms with E-state index in [4.69, 9.17) is 4.74 Å². The summed E-state index contributed by atoms with van der Waals surface area (Å²) in [7, 11) is 1.53. The fourth-order valence-electron chi connectivity index (χ4n) is 1.51. The number of rotatable bonds is 3. The molecule has 1 fully saturated rings. The van der Waals surface area contributed by atoms with Crippen LogP contribution in [0, 0.1) is 0 Å². The molecule has 0 amide bonds. The first-order valence-corrected chi connectivity index (χ1v) is 4.08. The highest BCUT2D eigenvalue weighted by Gasteiger charge is 2.39. The van der Waals surface area contributed by atoms with Crippen LogP contribution in [0.5, 0.6) is 0 Å². The molecule has 0 unspecified atom stereocenters. The van der Waals surface area contributed by atoms with Gasteiger partial charge in [0.1, 0.15) is 18.7 Å². The summed E-state index contributed by atoms with van der Waals surface area (Å²) in [6.45, 7) is 0.825. The van der Waals surface area contributed by atoms with E-state index in [1.165, 1.54) is 7.11 Å². The standard InChI is InChI=1S/C7H12F3NO2.ClH/c1-12-4-5-2-6(3-11-5)13-7(8,9)10;/h5-6,11H,2-4H2,1H3;1H/t5-,6+;/m0./s1. The topological polar surface area (TPSA) is 35.1 Å². The van der Waals surface area contributed by atoms with E-state index in [9.17, 15) is 13.2 Å². The summed E-state index contributed by atoms with van der Waals surface area (Å²) in [5, 5.41) is 1.82. The Hall–Kier alpha value is -0.0400. The van der Waals surface area contributed by atoms with Crippen molar-refractivity contribution in [2.75, 3.05) is 20.3 Å². The van der Waals surface area contributed by atoms with Gasteiger partial charge in [-0.25, -0.2) is 0 Å². The molecular weight excluding hydrogens is 223 g/mol. The SMILES string of the molecule is COC[C@@H]1C[C@@H](OC(F)(F)F)C[NH2+]1.[Cl-]. The first-order valence-electron chi connectivity index (χ1n) is 4.08. The van der Waals surface area contributed by atoms with Gasteiger partial charge in [0.2, 0.25) is 0 Å². The maximum Gasteiger partial charge on any atom is 0.522 e. The van der Waals surface area contributed by atoms with E-state index in [0.29, 0.717) is 19.6 Å². The Kier molecular flexibility index (Phi) is 5.73. The second-order valence-electron chi connectivity index (χ2n) is 3.11. The molecule has 1 heterocycles. The highest BCUT2D eigenvalue weighted by atomic mass is 35.5. The molecule has 2 atom stereocenters. The smallest absolute Gasteiger partial charge is 0.522 e. The van der Waals surface area contributed by atoms with Crippen LogP contribution in [0.1, 0.15) is 6.42 Å². The van der Waals surface area contributed by atoms with Crippen LogP contribution in [-0.4, -0.2) is 38.8 Å². The van der Waals surface area contributed by atoms with Crippen molar-refractivity contribution in [1.29, 1.82) is 0 Å². The summed E-state index contributed by atoms with van der Waals surface area (Å²) in [6.07, 6.45) is -4.84. The van der Waals surface area contributed by atoms with Gasteiger partial charge in [0.15, 0.2) is 0 Å². The van der Waals surface area contributed by atoms with Crippen molar-refractivity contribution >= 4 is 0 Å². The van der Waals surface area contributed by atoms with Gasteiger partial charge in [-0.05, 0) is 0 Å². The quantitative estimate of drug-likeness (QED) is 0.562. The molecule has 0 aliphatic carbocycles. The number of hydrogen-bond donors (Lipinski definition) is 1. The maximum atomic E-state index is 11.8. The number of halogens is 4. The number of hydrogen-bond acceptors (Lipinski definition) is 2. The lowest BCUT2D eigenvalue weighted by Gasteiger charge is -2.10. The largest absolute Gasteiger partial charge is 1.00 e. The number of ether oxygens (including phenoxy) is 2. The van der Waals surface area contributed by atoms with Gasteiger partial charge in [0.25, 0.3) is 0 Å². The Balaban J connectivity index is 0.00000169. The lowest BCUT2D eigenvalue weighted by molar-refractivity contribution is -0.674. The molecule has 1 aliphatic rings. The van der Waals surface area contributed by atoms with Gasteiger partial charge >= 0.3 is 6.36 Å². The van der Waals surface area contributed by atoms with Gasteiger partial charge in [0.05, 0.1) is 6.61 Å². The van der Waals surface area contributed by atoms with Crippen molar-refractivity contribution in [2.24, 2.45) is 0 Å². The third-order valence-electron chi connectivity index (χ3n) is 1.98. The van der Waals surface area contributed by atoms with Gasteiger partial charge in [-0.2, -0.15) is 0 Å². The molecule has 3 nitrogen and oxygen atoms in total. The van der Waals surface area contributed by atoms with E-state index in [2.05, 4.69) is 4.74 Å². The van der Waals surface area contributed by atoms with Crippen LogP contribution in [0.25, 0.3) is 0 Å². The minimum Gasteiger partial charge on any atom is -1.00 e. The minimum absolute atomic E-state index is 0. The Morgan fingerprint density at radius 2 is 2.07 bits per heavy atom. The molecule has 1 rings (SSSR count). The van der Waals surface area contributed by atoms with Crippen molar-refractivity contribution in [3.8, 4) is 0 Å². The van der Waals surface area contributed by atoms with E-state index in [-0.39, 0.29) is 18.4 Å². The number of methoxy groups -OCH3 is 1. The third-order valence-corrected chi connectivity index (χ3v) is 1.98. The number of alkyl halides is 3. The predicted octanol–water partition coefficient (Wildman–Crippen LogP) is -3.12. The van der Waals surface area contributed by atoms with Crippen molar-refractivity contribution < 1.29 is 40.4 Å².